The first-order valence-electron chi connectivity index (χ1n) is 23.7. The lowest BCUT2D eigenvalue weighted by atomic mass is 10.0. The Labute approximate surface area is 345 Å². The maximum atomic E-state index is 12.7. The topological polar surface area (TPSA) is 111 Å². The van der Waals surface area contributed by atoms with Crippen LogP contribution in [0.25, 0.3) is 0 Å². The first-order chi connectivity index (χ1) is 27.1. The standard InChI is InChI=1S/C47H91NO8/c1-6-8-10-12-14-15-16-17-18-19-20-21-22-23-24-25-26-27-28-29-30-32-34-36-38-45(50)56-43(41-54-44(49)37-35-33-31-13-11-9-7-2)42-55-47(46(51)52)53-40-39-48(3,4)5/h43,47H,6-42H2,1-5H3. The average Bonchev–Trinajstić information content (AvgIpc) is 3.15. The SMILES string of the molecule is CCCCCCCCCCCCCCCCCCCCCCCCCCC(=O)OC(COC(=O)CCCCCCCCC)COC(OCC[N+](C)(C)C)C(=O)[O-]. The van der Waals surface area contributed by atoms with Crippen LogP contribution in [0.1, 0.15) is 226 Å². The van der Waals surface area contributed by atoms with Gasteiger partial charge in [0, 0.05) is 12.8 Å². The highest BCUT2D eigenvalue weighted by atomic mass is 16.7. The maximum absolute atomic E-state index is 12.7. The molecule has 9 heteroatoms. The quantitative estimate of drug-likeness (QED) is 0.0259. The van der Waals surface area contributed by atoms with E-state index in [4.69, 9.17) is 18.9 Å². The number of aliphatic carboxylic acids is 1. The van der Waals surface area contributed by atoms with Gasteiger partial charge in [-0.15, -0.1) is 0 Å². The van der Waals surface area contributed by atoms with Gasteiger partial charge in [-0.25, -0.2) is 0 Å². The second-order valence-corrected chi connectivity index (χ2v) is 17.4. The Morgan fingerprint density at radius 1 is 0.464 bits per heavy atom. The molecule has 0 aromatic heterocycles. The molecule has 0 aliphatic rings. The number of likely N-dealkylation sites (N-methyl/N-ethyl adjacent to an activating group) is 1. The summed E-state index contributed by atoms with van der Waals surface area (Å²) in [6.07, 6.45) is 37.4. The van der Waals surface area contributed by atoms with Crippen molar-refractivity contribution in [2.24, 2.45) is 0 Å². The monoisotopic (exact) mass is 798 g/mol. The summed E-state index contributed by atoms with van der Waals surface area (Å²) in [4.78, 5) is 36.8. The van der Waals surface area contributed by atoms with Crippen molar-refractivity contribution in [3.63, 3.8) is 0 Å². The van der Waals surface area contributed by atoms with E-state index < -0.39 is 24.3 Å². The van der Waals surface area contributed by atoms with Crippen LogP contribution in [-0.4, -0.2) is 82.3 Å². The zero-order valence-electron chi connectivity index (χ0n) is 37.5. The molecule has 0 saturated carbocycles. The number of carboxylic acid groups (broad SMARTS) is 1. The molecule has 56 heavy (non-hydrogen) atoms. The van der Waals surface area contributed by atoms with Crippen LogP contribution in [0.2, 0.25) is 0 Å². The molecular formula is C47H91NO8. The van der Waals surface area contributed by atoms with Gasteiger partial charge in [0.15, 0.2) is 12.4 Å². The van der Waals surface area contributed by atoms with E-state index in [2.05, 4.69) is 13.8 Å². The molecule has 2 unspecified atom stereocenters. The Hall–Kier alpha value is -1.71. The van der Waals surface area contributed by atoms with E-state index in [0.717, 1.165) is 38.5 Å². The second-order valence-electron chi connectivity index (χ2n) is 17.4. The number of rotatable bonds is 44. The van der Waals surface area contributed by atoms with Gasteiger partial charge in [0.25, 0.3) is 0 Å². The summed E-state index contributed by atoms with van der Waals surface area (Å²) >= 11 is 0. The summed E-state index contributed by atoms with van der Waals surface area (Å²) in [6, 6.07) is 0. The van der Waals surface area contributed by atoms with Crippen LogP contribution in [0.15, 0.2) is 0 Å². The summed E-state index contributed by atoms with van der Waals surface area (Å²) in [5.41, 5.74) is 0. The average molecular weight is 798 g/mol. The molecule has 332 valence electrons. The molecular weight excluding hydrogens is 707 g/mol. The molecule has 0 aromatic rings. The number of carbonyl (C=O) groups is 3. The van der Waals surface area contributed by atoms with Crippen LogP contribution in [0.3, 0.4) is 0 Å². The molecule has 0 spiro atoms. The Balaban J connectivity index is 4.13. The minimum atomic E-state index is -1.61. The number of hydrogen-bond acceptors (Lipinski definition) is 8. The summed E-state index contributed by atoms with van der Waals surface area (Å²) in [5.74, 6) is -2.27. The van der Waals surface area contributed by atoms with Crippen LogP contribution in [-0.2, 0) is 33.3 Å². The van der Waals surface area contributed by atoms with E-state index in [9.17, 15) is 19.5 Å². The Bertz CT molecular complexity index is 892. The highest BCUT2D eigenvalue weighted by Crippen LogP contribution is 2.16. The van der Waals surface area contributed by atoms with Gasteiger partial charge in [-0.3, -0.25) is 9.59 Å². The minimum absolute atomic E-state index is 0.152. The van der Waals surface area contributed by atoms with Crippen LogP contribution in [0, 0.1) is 0 Å². The molecule has 0 N–H and O–H groups in total. The van der Waals surface area contributed by atoms with E-state index in [1.54, 1.807) is 0 Å². The number of unbranched alkanes of at least 4 members (excludes halogenated alkanes) is 29. The van der Waals surface area contributed by atoms with E-state index in [0.29, 0.717) is 17.4 Å². The Morgan fingerprint density at radius 2 is 0.804 bits per heavy atom. The molecule has 0 saturated heterocycles. The number of ether oxygens (including phenoxy) is 4. The van der Waals surface area contributed by atoms with Gasteiger partial charge < -0.3 is 33.3 Å². The smallest absolute Gasteiger partial charge is 0.306 e. The van der Waals surface area contributed by atoms with E-state index in [-0.39, 0.29) is 32.2 Å². The summed E-state index contributed by atoms with van der Waals surface area (Å²) in [7, 11) is 5.91. The number of nitrogens with zero attached hydrogens (tertiary/aromatic N) is 1. The molecule has 0 heterocycles. The van der Waals surface area contributed by atoms with E-state index in [1.807, 2.05) is 21.1 Å². The highest BCUT2D eigenvalue weighted by Gasteiger charge is 2.21. The van der Waals surface area contributed by atoms with Gasteiger partial charge in [0.1, 0.15) is 13.2 Å². The normalized spacial score (nSPS) is 12.8. The molecule has 0 bridgehead atoms. The van der Waals surface area contributed by atoms with Crippen LogP contribution in [0.4, 0.5) is 0 Å². The molecule has 0 radical (unpaired) electrons. The van der Waals surface area contributed by atoms with Crippen molar-refractivity contribution >= 4 is 17.9 Å². The Kier molecular flexibility index (Phi) is 38.9. The fraction of sp³-hybridized carbons (Fsp3) is 0.936. The Morgan fingerprint density at radius 3 is 1.14 bits per heavy atom. The molecule has 0 aliphatic carbocycles. The van der Waals surface area contributed by atoms with Crippen molar-refractivity contribution in [2.75, 3.05) is 47.5 Å². The van der Waals surface area contributed by atoms with Gasteiger partial charge in [-0.1, -0.05) is 200 Å². The third kappa shape index (κ3) is 40.5. The molecule has 0 fully saturated rings. The molecule has 2 atom stereocenters. The van der Waals surface area contributed by atoms with Gasteiger partial charge in [-0.2, -0.15) is 0 Å². The first-order valence-corrected chi connectivity index (χ1v) is 23.7. The van der Waals surface area contributed by atoms with Crippen molar-refractivity contribution in [3.05, 3.63) is 0 Å². The summed E-state index contributed by atoms with van der Waals surface area (Å²) in [5, 5.41) is 11.7. The summed E-state index contributed by atoms with van der Waals surface area (Å²) < 4.78 is 22.5. The number of esters is 2. The zero-order valence-corrected chi connectivity index (χ0v) is 37.5. The van der Waals surface area contributed by atoms with Gasteiger partial charge in [0.2, 0.25) is 0 Å². The molecule has 0 aromatic carbocycles. The second kappa shape index (κ2) is 40.1. The fourth-order valence-corrected chi connectivity index (χ4v) is 6.89. The maximum Gasteiger partial charge on any atom is 0.306 e. The van der Waals surface area contributed by atoms with Crippen molar-refractivity contribution in [1.29, 1.82) is 0 Å². The predicted molar refractivity (Wildman–Crippen MR) is 228 cm³/mol. The first kappa shape index (κ1) is 54.3. The lowest BCUT2D eigenvalue weighted by Gasteiger charge is -2.26. The van der Waals surface area contributed by atoms with Crippen molar-refractivity contribution < 1.29 is 42.9 Å². The van der Waals surface area contributed by atoms with Crippen molar-refractivity contribution in [3.8, 4) is 0 Å². The highest BCUT2D eigenvalue weighted by molar-refractivity contribution is 5.70. The number of quaternary nitrogens is 1. The molecule has 0 aliphatic heterocycles. The fourth-order valence-electron chi connectivity index (χ4n) is 6.89. The lowest BCUT2D eigenvalue weighted by molar-refractivity contribution is -0.870. The van der Waals surface area contributed by atoms with E-state index >= 15 is 0 Å². The number of carboxylic acids is 1. The molecule has 0 rings (SSSR count). The van der Waals surface area contributed by atoms with Gasteiger partial charge in [-0.05, 0) is 12.8 Å². The van der Waals surface area contributed by atoms with Crippen LogP contribution < -0.4 is 5.11 Å². The van der Waals surface area contributed by atoms with Crippen LogP contribution >= 0.6 is 0 Å². The van der Waals surface area contributed by atoms with Crippen LogP contribution in [0.5, 0.6) is 0 Å². The minimum Gasteiger partial charge on any atom is -0.545 e. The predicted octanol–water partition coefficient (Wildman–Crippen LogP) is 11.2. The van der Waals surface area contributed by atoms with Crippen molar-refractivity contribution in [2.45, 2.75) is 238 Å². The zero-order chi connectivity index (χ0) is 41.4. The van der Waals surface area contributed by atoms with Gasteiger partial charge >= 0.3 is 11.9 Å². The largest absolute Gasteiger partial charge is 0.545 e. The number of carbonyl (C=O) groups excluding carboxylic acids is 3. The lowest BCUT2D eigenvalue weighted by Crippen LogP contribution is -2.44. The number of hydrogen-bond donors (Lipinski definition) is 0. The molecule has 0 amide bonds. The molecule has 9 nitrogen and oxygen atoms in total. The summed E-state index contributed by atoms with van der Waals surface area (Å²) in [6.45, 7) is 4.72. The third-order valence-electron chi connectivity index (χ3n) is 10.6. The van der Waals surface area contributed by atoms with E-state index in [1.165, 1.54) is 161 Å². The van der Waals surface area contributed by atoms with Crippen molar-refractivity contribution in [1.82, 2.24) is 0 Å². The van der Waals surface area contributed by atoms with Gasteiger partial charge in [0.05, 0.1) is 40.3 Å². The third-order valence-corrected chi connectivity index (χ3v) is 10.6.